The van der Waals surface area contributed by atoms with E-state index >= 15 is 0 Å². The molecule has 0 bridgehead atoms. The van der Waals surface area contributed by atoms with E-state index in [1.807, 2.05) is 66.7 Å². The normalized spacial score (nSPS) is 11.8. The van der Waals surface area contributed by atoms with Gasteiger partial charge in [-0.15, -0.1) is 0 Å². The number of benzene rings is 2. The summed E-state index contributed by atoms with van der Waals surface area (Å²) in [6.45, 7) is 0.346. The second kappa shape index (κ2) is 7.88. The molecule has 140 valence electrons. The van der Waals surface area contributed by atoms with E-state index in [1.54, 1.807) is 24.5 Å². The van der Waals surface area contributed by atoms with Crippen LogP contribution in [0.4, 0.5) is 0 Å². The Morgan fingerprint density at radius 3 is 1.82 bits per heavy atom. The van der Waals surface area contributed by atoms with Crippen LogP contribution in [-0.2, 0) is 23.1 Å². The lowest BCUT2D eigenvalue weighted by molar-refractivity contribution is 0.393. The number of hydrogen-bond donors (Lipinski definition) is 0. The van der Waals surface area contributed by atoms with Crippen molar-refractivity contribution in [3.8, 4) is 0 Å². The van der Waals surface area contributed by atoms with Crippen LogP contribution in [0.3, 0.4) is 0 Å². The molecule has 2 heterocycles. The Bertz CT molecular complexity index is 1140. The average Bonchev–Trinajstić information content (AvgIpc) is 2.74. The largest absolute Gasteiger partial charge is 0.260 e. The lowest BCUT2D eigenvalue weighted by atomic mass is 10.1. The molecule has 0 saturated heterocycles. The highest BCUT2D eigenvalue weighted by atomic mass is 32.2. The van der Waals surface area contributed by atoms with Gasteiger partial charge >= 0.3 is 0 Å². The van der Waals surface area contributed by atoms with Crippen molar-refractivity contribution in [2.75, 3.05) is 0 Å². The highest BCUT2D eigenvalue weighted by molar-refractivity contribution is 7.89. The molecule has 2 aromatic heterocycles. The van der Waals surface area contributed by atoms with Gasteiger partial charge in [0.05, 0.1) is 29.4 Å². The van der Waals surface area contributed by atoms with Crippen LogP contribution in [-0.4, -0.2) is 22.7 Å². The quantitative estimate of drug-likeness (QED) is 0.500. The first-order valence-electron chi connectivity index (χ1n) is 8.92. The standard InChI is InChI=1S/C22H19N3O2S/c26-28(27,22-12-11-18-7-1-2-8-19(18)15-22)25(16-20-9-3-5-13-23-20)17-21-10-4-6-14-24-21/h1-15H,16-17H2. The van der Waals surface area contributed by atoms with Crippen LogP contribution < -0.4 is 0 Å². The minimum atomic E-state index is -3.74. The Balaban J connectivity index is 1.74. The molecular weight excluding hydrogens is 370 g/mol. The molecule has 2 aromatic carbocycles. The van der Waals surface area contributed by atoms with Crippen molar-refractivity contribution in [2.24, 2.45) is 0 Å². The van der Waals surface area contributed by atoms with Gasteiger partial charge in [0.25, 0.3) is 0 Å². The van der Waals surface area contributed by atoms with E-state index < -0.39 is 10.0 Å². The number of aromatic nitrogens is 2. The zero-order valence-electron chi connectivity index (χ0n) is 15.1. The summed E-state index contributed by atoms with van der Waals surface area (Å²) >= 11 is 0. The van der Waals surface area contributed by atoms with Crippen molar-refractivity contribution in [1.29, 1.82) is 0 Å². The average molecular weight is 389 g/mol. The third-order valence-corrected chi connectivity index (χ3v) is 6.28. The number of nitrogens with zero attached hydrogens (tertiary/aromatic N) is 3. The minimum absolute atomic E-state index is 0.173. The van der Waals surface area contributed by atoms with Crippen molar-refractivity contribution < 1.29 is 8.42 Å². The first kappa shape index (κ1) is 18.3. The van der Waals surface area contributed by atoms with E-state index in [2.05, 4.69) is 9.97 Å². The summed E-state index contributed by atoms with van der Waals surface area (Å²) in [5.74, 6) is 0. The first-order chi connectivity index (χ1) is 13.6. The molecule has 0 unspecified atom stereocenters. The molecule has 28 heavy (non-hydrogen) atoms. The number of hydrogen-bond acceptors (Lipinski definition) is 4. The summed E-state index contributed by atoms with van der Waals surface area (Å²) in [7, 11) is -3.74. The maximum atomic E-state index is 13.5. The van der Waals surface area contributed by atoms with Crippen molar-refractivity contribution in [2.45, 2.75) is 18.0 Å². The van der Waals surface area contributed by atoms with Gasteiger partial charge in [-0.1, -0.05) is 42.5 Å². The maximum Gasteiger partial charge on any atom is 0.243 e. The Kier molecular flexibility index (Phi) is 5.14. The second-order valence-electron chi connectivity index (χ2n) is 6.42. The lowest BCUT2D eigenvalue weighted by Crippen LogP contribution is -2.31. The summed E-state index contributed by atoms with van der Waals surface area (Å²) in [6, 6.07) is 23.9. The predicted octanol–water partition coefficient (Wildman–Crippen LogP) is 4.02. The monoisotopic (exact) mass is 389 g/mol. The molecule has 0 atom stereocenters. The van der Waals surface area contributed by atoms with Gasteiger partial charge in [-0.3, -0.25) is 9.97 Å². The van der Waals surface area contributed by atoms with Crippen LogP contribution in [0.5, 0.6) is 0 Å². The molecule has 5 nitrogen and oxygen atoms in total. The zero-order chi connectivity index (χ0) is 19.4. The topological polar surface area (TPSA) is 63.2 Å². The summed E-state index contributed by atoms with van der Waals surface area (Å²) in [4.78, 5) is 8.84. The molecule has 0 fully saturated rings. The third-order valence-electron chi connectivity index (χ3n) is 4.49. The highest BCUT2D eigenvalue weighted by Crippen LogP contribution is 2.24. The molecule has 4 aromatic rings. The fourth-order valence-corrected chi connectivity index (χ4v) is 4.47. The summed E-state index contributed by atoms with van der Waals surface area (Å²) < 4.78 is 28.3. The number of rotatable bonds is 6. The molecule has 0 amide bonds. The molecule has 0 saturated carbocycles. The smallest absolute Gasteiger partial charge is 0.243 e. The van der Waals surface area contributed by atoms with Gasteiger partial charge in [-0.2, -0.15) is 4.31 Å². The molecule has 0 N–H and O–H groups in total. The van der Waals surface area contributed by atoms with Crippen LogP contribution in [0.25, 0.3) is 10.8 Å². The van der Waals surface area contributed by atoms with E-state index in [9.17, 15) is 8.42 Å². The van der Waals surface area contributed by atoms with Gasteiger partial charge in [-0.25, -0.2) is 8.42 Å². The van der Waals surface area contributed by atoms with E-state index in [4.69, 9.17) is 0 Å². The van der Waals surface area contributed by atoms with Crippen molar-refractivity contribution in [3.63, 3.8) is 0 Å². The molecule has 0 spiro atoms. The van der Waals surface area contributed by atoms with Crippen LogP contribution >= 0.6 is 0 Å². The van der Waals surface area contributed by atoms with Crippen LogP contribution in [0.15, 0.2) is 96.2 Å². The third kappa shape index (κ3) is 3.93. The van der Waals surface area contributed by atoms with E-state index in [1.165, 1.54) is 4.31 Å². The molecular formula is C22H19N3O2S. The maximum absolute atomic E-state index is 13.5. The van der Waals surface area contributed by atoms with Crippen molar-refractivity contribution in [1.82, 2.24) is 14.3 Å². The highest BCUT2D eigenvalue weighted by Gasteiger charge is 2.26. The lowest BCUT2D eigenvalue weighted by Gasteiger charge is -2.22. The van der Waals surface area contributed by atoms with Crippen molar-refractivity contribution in [3.05, 3.63) is 103 Å². The molecule has 0 aliphatic heterocycles. The SMILES string of the molecule is O=S(=O)(c1ccc2ccccc2c1)N(Cc1ccccn1)Cc1ccccn1. The molecule has 0 radical (unpaired) electrons. The van der Waals surface area contributed by atoms with Crippen molar-refractivity contribution >= 4 is 20.8 Å². The van der Waals surface area contributed by atoms with E-state index in [0.717, 1.165) is 10.8 Å². The Hall–Kier alpha value is -3.09. The van der Waals surface area contributed by atoms with E-state index in [0.29, 0.717) is 11.4 Å². The Labute approximate surface area is 164 Å². The summed E-state index contributed by atoms with van der Waals surface area (Å²) in [5, 5.41) is 1.89. The van der Waals surface area contributed by atoms with Gasteiger partial charge in [0.15, 0.2) is 0 Å². The van der Waals surface area contributed by atoms with Gasteiger partial charge in [0.1, 0.15) is 0 Å². The molecule has 0 aliphatic carbocycles. The van der Waals surface area contributed by atoms with Gasteiger partial charge in [0, 0.05) is 12.4 Å². The Morgan fingerprint density at radius 2 is 1.25 bits per heavy atom. The molecule has 6 heteroatoms. The molecule has 4 rings (SSSR count). The second-order valence-corrected chi connectivity index (χ2v) is 8.36. The number of fused-ring (bicyclic) bond motifs is 1. The summed E-state index contributed by atoms with van der Waals surface area (Å²) in [6.07, 6.45) is 3.33. The van der Waals surface area contributed by atoms with Gasteiger partial charge in [-0.05, 0) is 47.2 Å². The van der Waals surface area contributed by atoms with Crippen LogP contribution in [0, 0.1) is 0 Å². The first-order valence-corrected chi connectivity index (χ1v) is 10.4. The minimum Gasteiger partial charge on any atom is -0.260 e. The van der Waals surface area contributed by atoms with Gasteiger partial charge < -0.3 is 0 Å². The zero-order valence-corrected chi connectivity index (χ0v) is 16.0. The Morgan fingerprint density at radius 1 is 0.679 bits per heavy atom. The molecule has 0 aliphatic rings. The van der Waals surface area contributed by atoms with E-state index in [-0.39, 0.29) is 18.0 Å². The van der Waals surface area contributed by atoms with Gasteiger partial charge in [0.2, 0.25) is 10.0 Å². The number of pyridine rings is 2. The number of sulfonamides is 1. The van der Waals surface area contributed by atoms with Crippen LogP contribution in [0.2, 0.25) is 0 Å². The van der Waals surface area contributed by atoms with Crippen LogP contribution in [0.1, 0.15) is 11.4 Å². The predicted molar refractivity (Wildman–Crippen MR) is 109 cm³/mol. The fourth-order valence-electron chi connectivity index (χ4n) is 3.05. The summed E-state index contributed by atoms with van der Waals surface area (Å²) in [5.41, 5.74) is 1.37. The fraction of sp³-hybridized carbons (Fsp3) is 0.0909.